The summed E-state index contributed by atoms with van der Waals surface area (Å²) in [6, 6.07) is 0. The fourth-order valence-corrected chi connectivity index (χ4v) is 4.83. The highest BCUT2D eigenvalue weighted by atomic mass is 16.2. The van der Waals surface area contributed by atoms with Crippen molar-refractivity contribution in [2.45, 2.75) is 161 Å². The van der Waals surface area contributed by atoms with Gasteiger partial charge in [0.15, 0.2) is 0 Å². The molecule has 0 bridgehead atoms. The smallest absolute Gasteiger partial charge is 0.222 e. The molecule has 0 saturated carbocycles. The predicted octanol–water partition coefficient (Wildman–Crippen LogP) is 9.21. The molecule has 0 atom stereocenters. The first-order valence-electron chi connectivity index (χ1n) is 14.1. The fraction of sp³-hybridized carbons (Fsp3) is 0.964. The van der Waals surface area contributed by atoms with Gasteiger partial charge >= 0.3 is 0 Å². The molecule has 0 aromatic heterocycles. The van der Waals surface area contributed by atoms with E-state index < -0.39 is 0 Å². The Morgan fingerprint density at radius 3 is 1.20 bits per heavy atom. The summed E-state index contributed by atoms with van der Waals surface area (Å²) in [5.74, 6) is 0.420. The fourth-order valence-electron chi connectivity index (χ4n) is 4.83. The molecule has 1 aliphatic rings. The highest BCUT2D eigenvalue weighted by Gasteiger charge is 2.14. The summed E-state index contributed by atoms with van der Waals surface area (Å²) >= 11 is 0. The third-order valence-electron chi connectivity index (χ3n) is 6.95. The van der Waals surface area contributed by atoms with Gasteiger partial charge in [-0.2, -0.15) is 0 Å². The van der Waals surface area contributed by atoms with Crippen molar-refractivity contribution in [3.63, 3.8) is 0 Å². The van der Waals surface area contributed by atoms with Gasteiger partial charge in [0.2, 0.25) is 5.91 Å². The Bertz CT molecular complexity index is 360. The minimum absolute atomic E-state index is 0.420. The topological polar surface area (TPSA) is 20.3 Å². The largest absolute Gasteiger partial charge is 0.343 e. The lowest BCUT2D eigenvalue weighted by Gasteiger charge is -2.20. The minimum atomic E-state index is 0.420. The van der Waals surface area contributed by atoms with Gasteiger partial charge in [0, 0.05) is 19.5 Å². The molecular weight excluding hydrogens is 366 g/mol. The summed E-state index contributed by atoms with van der Waals surface area (Å²) < 4.78 is 0. The van der Waals surface area contributed by atoms with Gasteiger partial charge in [0.05, 0.1) is 0 Å². The third-order valence-corrected chi connectivity index (χ3v) is 6.95. The summed E-state index contributed by atoms with van der Waals surface area (Å²) in [6.45, 7) is 4.32. The summed E-state index contributed by atoms with van der Waals surface area (Å²) in [6.07, 6.45) is 32.5. The van der Waals surface area contributed by atoms with E-state index in [-0.39, 0.29) is 0 Å². The molecule has 0 aliphatic carbocycles. The van der Waals surface area contributed by atoms with Gasteiger partial charge in [-0.05, 0) is 19.3 Å². The first-order chi connectivity index (χ1) is 14.8. The van der Waals surface area contributed by atoms with Crippen LogP contribution in [0.4, 0.5) is 0 Å². The van der Waals surface area contributed by atoms with Crippen molar-refractivity contribution in [1.29, 1.82) is 0 Å². The highest BCUT2D eigenvalue weighted by Crippen LogP contribution is 2.16. The lowest BCUT2D eigenvalue weighted by atomic mass is 10.0. The van der Waals surface area contributed by atoms with E-state index in [1.54, 1.807) is 0 Å². The Morgan fingerprint density at radius 1 is 0.500 bits per heavy atom. The maximum absolute atomic E-state index is 12.3. The van der Waals surface area contributed by atoms with Gasteiger partial charge in [-0.1, -0.05) is 135 Å². The molecular formula is C28H55NO. The first-order valence-corrected chi connectivity index (χ1v) is 14.1. The zero-order valence-corrected chi connectivity index (χ0v) is 20.7. The molecule has 0 aromatic carbocycles. The van der Waals surface area contributed by atoms with Crippen LogP contribution in [-0.4, -0.2) is 23.9 Å². The number of nitrogens with zero attached hydrogens (tertiary/aromatic N) is 1. The van der Waals surface area contributed by atoms with Crippen LogP contribution in [0.25, 0.3) is 0 Å². The van der Waals surface area contributed by atoms with Crippen LogP contribution in [0.3, 0.4) is 0 Å². The van der Waals surface area contributed by atoms with E-state index in [0.29, 0.717) is 5.91 Å². The average Bonchev–Trinajstić information content (AvgIpc) is 3.05. The molecule has 1 rings (SSSR count). The van der Waals surface area contributed by atoms with E-state index in [2.05, 4.69) is 11.8 Å². The Morgan fingerprint density at radius 2 is 0.833 bits per heavy atom. The van der Waals surface area contributed by atoms with Gasteiger partial charge < -0.3 is 4.90 Å². The van der Waals surface area contributed by atoms with Crippen LogP contribution in [0.5, 0.6) is 0 Å². The van der Waals surface area contributed by atoms with E-state index in [1.807, 2.05) is 0 Å². The molecule has 0 radical (unpaired) electrons. The Labute approximate surface area is 190 Å². The van der Waals surface area contributed by atoms with Crippen molar-refractivity contribution in [2.24, 2.45) is 0 Å². The highest BCUT2D eigenvalue weighted by molar-refractivity contribution is 5.76. The second kappa shape index (κ2) is 21.7. The van der Waals surface area contributed by atoms with Gasteiger partial charge in [0.25, 0.3) is 0 Å². The van der Waals surface area contributed by atoms with E-state index in [1.165, 1.54) is 141 Å². The van der Waals surface area contributed by atoms with Crippen molar-refractivity contribution < 1.29 is 4.79 Å². The summed E-state index contributed by atoms with van der Waals surface area (Å²) in [4.78, 5) is 14.4. The SMILES string of the molecule is CCCCCCCCCCCCCCCCCCCCCC(=O)N1CCCCCC1. The van der Waals surface area contributed by atoms with Crippen molar-refractivity contribution in [3.05, 3.63) is 0 Å². The van der Waals surface area contributed by atoms with Crippen LogP contribution in [0.2, 0.25) is 0 Å². The zero-order valence-electron chi connectivity index (χ0n) is 20.7. The lowest BCUT2D eigenvalue weighted by Crippen LogP contribution is -2.31. The zero-order chi connectivity index (χ0) is 21.5. The van der Waals surface area contributed by atoms with Crippen molar-refractivity contribution in [3.8, 4) is 0 Å². The van der Waals surface area contributed by atoms with Crippen LogP contribution >= 0.6 is 0 Å². The number of hydrogen-bond acceptors (Lipinski definition) is 1. The van der Waals surface area contributed by atoms with Gasteiger partial charge in [-0.25, -0.2) is 0 Å². The number of rotatable bonds is 20. The maximum Gasteiger partial charge on any atom is 0.222 e. The molecule has 0 N–H and O–H groups in total. The number of likely N-dealkylation sites (tertiary alicyclic amines) is 1. The number of hydrogen-bond donors (Lipinski definition) is 0. The van der Waals surface area contributed by atoms with Crippen LogP contribution < -0.4 is 0 Å². The van der Waals surface area contributed by atoms with Gasteiger partial charge in [0.1, 0.15) is 0 Å². The summed E-state index contributed by atoms with van der Waals surface area (Å²) in [7, 11) is 0. The molecule has 0 aromatic rings. The molecule has 1 amide bonds. The Balaban J connectivity index is 1.72. The second-order valence-electron chi connectivity index (χ2n) is 9.91. The average molecular weight is 422 g/mol. The monoisotopic (exact) mass is 421 g/mol. The molecule has 1 fully saturated rings. The molecule has 1 heterocycles. The van der Waals surface area contributed by atoms with E-state index >= 15 is 0 Å². The van der Waals surface area contributed by atoms with Crippen molar-refractivity contribution in [1.82, 2.24) is 4.90 Å². The molecule has 2 heteroatoms. The molecule has 0 spiro atoms. The first kappa shape index (κ1) is 27.5. The van der Waals surface area contributed by atoms with E-state index in [9.17, 15) is 4.79 Å². The predicted molar refractivity (Wildman–Crippen MR) is 133 cm³/mol. The van der Waals surface area contributed by atoms with Crippen molar-refractivity contribution >= 4 is 5.91 Å². The summed E-state index contributed by atoms with van der Waals surface area (Å²) in [5, 5.41) is 0. The normalized spacial score (nSPS) is 14.8. The van der Waals surface area contributed by atoms with Crippen LogP contribution in [-0.2, 0) is 4.79 Å². The molecule has 178 valence electrons. The molecule has 2 nitrogen and oxygen atoms in total. The van der Waals surface area contributed by atoms with Crippen LogP contribution in [0.1, 0.15) is 161 Å². The Kier molecular flexibility index (Phi) is 19.9. The maximum atomic E-state index is 12.3. The minimum Gasteiger partial charge on any atom is -0.343 e. The van der Waals surface area contributed by atoms with Crippen LogP contribution in [0.15, 0.2) is 0 Å². The standard InChI is InChI=1S/C28H55NO/c1-2-3-4-5-6-7-8-9-10-11-12-13-14-15-16-17-18-19-22-25-28(30)29-26-23-20-21-24-27-29/h2-27H2,1H3. The van der Waals surface area contributed by atoms with E-state index in [0.717, 1.165) is 25.9 Å². The molecule has 1 saturated heterocycles. The van der Waals surface area contributed by atoms with Crippen LogP contribution in [0, 0.1) is 0 Å². The number of carbonyl (C=O) groups is 1. The van der Waals surface area contributed by atoms with Gasteiger partial charge in [-0.15, -0.1) is 0 Å². The van der Waals surface area contributed by atoms with Crippen molar-refractivity contribution in [2.75, 3.05) is 13.1 Å². The second-order valence-corrected chi connectivity index (χ2v) is 9.91. The number of amides is 1. The third kappa shape index (κ3) is 17.2. The number of unbranched alkanes of at least 4 members (excludes halogenated alkanes) is 18. The quantitative estimate of drug-likeness (QED) is 0.179. The molecule has 0 unspecified atom stereocenters. The lowest BCUT2D eigenvalue weighted by molar-refractivity contribution is -0.131. The molecule has 1 aliphatic heterocycles. The summed E-state index contributed by atoms with van der Waals surface area (Å²) in [5.41, 5.74) is 0. The number of carbonyl (C=O) groups excluding carboxylic acids is 1. The van der Waals surface area contributed by atoms with E-state index in [4.69, 9.17) is 0 Å². The Hall–Kier alpha value is -0.530. The van der Waals surface area contributed by atoms with Gasteiger partial charge in [-0.3, -0.25) is 4.79 Å². The molecule has 30 heavy (non-hydrogen) atoms.